The highest BCUT2D eigenvalue weighted by Crippen LogP contribution is 2.52. The van der Waals surface area contributed by atoms with Crippen molar-refractivity contribution < 1.29 is 33.6 Å². The van der Waals surface area contributed by atoms with Crippen LogP contribution in [-0.4, -0.2) is 70.6 Å². The van der Waals surface area contributed by atoms with Gasteiger partial charge >= 0.3 is 6.03 Å². The van der Waals surface area contributed by atoms with Crippen LogP contribution in [0.2, 0.25) is 0 Å². The molecule has 2 atom stereocenters. The van der Waals surface area contributed by atoms with E-state index < -0.39 is 7.41 Å². The number of fused-ring (bicyclic) bond motifs is 4. The largest absolute Gasteiger partial charge is 1.00 e. The van der Waals surface area contributed by atoms with Gasteiger partial charge in [0.15, 0.2) is 0 Å². The van der Waals surface area contributed by atoms with Crippen molar-refractivity contribution in [2.45, 2.75) is 18.7 Å². The molecule has 9 heteroatoms. The third-order valence-corrected chi connectivity index (χ3v) is 8.04. The molecule has 7 nitrogen and oxygen atoms in total. The number of aryl methyl sites for hydroxylation is 1. The second-order valence-electron chi connectivity index (χ2n) is 8.44. The molecular formula is C20H29IN5O2P. The van der Waals surface area contributed by atoms with Crippen molar-refractivity contribution >= 4 is 13.4 Å². The summed E-state index contributed by atoms with van der Waals surface area (Å²) in [7, 11) is 2.94. The number of likely N-dealkylation sites (N-methyl/N-ethyl adjacent to an activating group) is 1. The predicted molar refractivity (Wildman–Crippen MR) is 111 cm³/mol. The number of carbonyl (C=O) groups excluding carboxylic acids is 1. The fraction of sp³-hybridized carbons (Fsp3) is 0.500. The Balaban J connectivity index is 0.00000240. The van der Waals surface area contributed by atoms with Crippen LogP contribution in [0.3, 0.4) is 0 Å². The van der Waals surface area contributed by atoms with Gasteiger partial charge in [0.1, 0.15) is 12.6 Å². The molecule has 0 spiro atoms. The second kappa shape index (κ2) is 8.49. The maximum atomic E-state index is 13.2. The van der Waals surface area contributed by atoms with Crippen LogP contribution in [0.25, 0.3) is 0 Å². The molecule has 2 aliphatic heterocycles. The number of carbonyl (C=O) groups is 1. The molecule has 0 radical (unpaired) electrons. The predicted octanol–water partition coefficient (Wildman–Crippen LogP) is 0.143. The van der Waals surface area contributed by atoms with Gasteiger partial charge < -0.3 is 28.9 Å². The summed E-state index contributed by atoms with van der Waals surface area (Å²) in [5, 5.41) is 6.06. The monoisotopic (exact) mass is 529 g/mol. The zero-order valence-corrected chi connectivity index (χ0v) is 20.7. The van der Waals surface area contributed by atoms with E-state index in [-0.39, 0.29) is 42.1 Å². The number of hydrogen-bond acceptors (Lipinski definition) is 4. The maximum Gasteiger partial charge on any atom is 0.345 e. The molecule has 1 unspecified atom stereocenters. The third-order valence-electron chi connectivity index (χ3n) is 5.83. The Morgan fingerprint density at radius 3 is 2.59 bits per heavy atom. The Bertz CT molecular complexity index is 870. The fourth-order valence-electron chi connectivity index (χ4n) is 3.90. The summed E-state index contributed by atoms with van der Waals surface area (Å²) in [6, 6.07) is 9.78. The van der Waals surface area contributed by atoms with E-state index in [9.17, 15) is 4.79 Å². The van der Waals surface area contributed by atoms with Gasteiger partial charge in [-0.1, -0.05) is 30.3 Å². The standard InChI is InChI=1S/C20H29N5O2P.HI/c1-22(28(3,4)5)12-18-19-16(11-21-23(19)2)17-13-24(18)20(26)25(17)27-14-15-9-7-6-8-10-15;/h6-11,17-18H,12-14H2,1-5H3;1H/q+1;/p-1/t17-,18?;/m1./s1. The highest BCUT2D eigenvalue weighted by atomic mass is 127. The number of nitrogens with zero attached hydrogens (tertiary/aromatic N) is 5. The number of hydrogen-bond donors (Lipinski definition) is 0. The van der Waals surface area contributed by atoms with Gasteiger partial charge in [0.2, 0.25) is 0 Å². The highest BCUT2D eigenvalue weighted by Gasteiger charge is 2.51. The van der Waals surface area contributed by atoms with E-state index in [0.717, 1.165) is 23.4 Å². The molecular weight excluding hydrogens is 500 g/mol. The quantitative estimate of drug-likeness (QED) is 0.395. The van der Waals surface area contributed by atoms with Gasteiger partial charge in [-0.2, -0.15) is 14.8 Å². The van der Waals surface area contributed by atoms with Crippen molar-refractivity contribution in [3.8, 4) is 0 Å². The molecule has 1 saturated heterocycles. The molecule has 4 rings (SSSR count). The van der Waals surface area contributed by atoms with Crippen LogP contribution >= 0.6 is 7.41 Å². The lowest BCUT2D eigenvalue weighted by molar-refractivity contribution is -0.141. The first-order valence-corrected chi connectivity index (χ1v) is 12.7. The fourth-order valence-corrected chi connectivity index (χ4v) is 4.55. The number of rotatable bonds is 6. The Morgan fingerprint density at radius 2 is 1.93 bits per heavy atom. The van der Waals surface area contributed by atoms with Gasteiger partial charge in [0, 0.05) is 19.7 Å². The van der Waals surface area contributed by atoms with Crippen molar-refractivity contribution in [1.82, 2.24) is 24.4 Å². The van der Waals surface area contributed by atoms with Gasteiger partial charge in [-0.25, -0.2) is 4.79 Å². The van der Waals surface area contributed by atoms with Crippen molar-refractivity contribution in [1.29, 1.82) is 0 Å². The zero-order chi connectivity index (χ0) is 20.1. The average Bonchev–Trinajstić information content (AvgIpc) is 3.17. The second-order valence-corrected chi connectivity index (χ2v) is 13.0. The normalized spacial score (nSPS) is 20.8. The van der Waals surface area contributed by atoms with Crippen LogP contribution in [0.5, 0.6) is 0 Å². The molecule has 0 saturated carbocycles. The summed E-state index contributed by atoms with van der Waals surface area (Å²) >= 11 is 0. The zero-order valence-electron chi connectivity index (χ0n) is 17.6. The van der Waals surface area contributed by atoms with E-state index >= 15 is 0 Å². The summed E-state index contributed by atoms with van der Waals surface area (Å²) in [6.07, 6.45) is 1.90. The van der Waals surface area contributed by atoms with E-state index in [2.05, 4.69) is 36.8 Å². The molecule has 29 heavy (non-hydrogen) atoms. The first kappa shape index (κ1) is 22.5. The Hall–Kier alpha value is -1.22. The number of aromatic nitrogens is 2. The molecule has 3 heterocycles. The summed E-state index contributed by atoms with van der Waals surface area (Å²) in [5.74, 6) is 0. The first-order chi connectivity index (χ1) is 13.3. The molecule has 2 amide bonds. The van der Waals surface area contributed by atoms with Gasteiger partial charge in [0.05, 0.1) is 58.4 Å². The third kappa shape index (κ3) is 4.17. The van der Waals surface area contributed by atoms with E-state index in [4.69, 9.17) is 4.84 Å². The molecule has 1 aromatic carbocycles. The van der Waals surface area contributed by atoms with Crippen LogP contribution in [-0.2, 0) is 18.5 Å². The number of amides is 2. The lowest BCUT2D eigenvalue weighted by atomic mass is 9.98. The van der Waals surface area contributed by atoms with Gasteiger partial charge in [-0.15, -0.1) is 0 Å². The molecule has 1 aromatic heterocycles. The van der Waals surface area contributed by atoms with Crippen molar-refractivity contribution in [3.05, 3.63) is 53.3 Å². The smallest absolute Gasteiger partial charge is 0.345 e. The van der Waals surface area contributed by atoms with Gasteiger partial charge in [-0.05, 0) is 5.56 Å². The molecule has 2 aliphatic rings. The number of hydroxylamine groups is 2. The summed E-state index contributed by atoms with van der Waals surface area (Å²) in [6.45, 7) is 8.71. The lowest BCUT2D eigenvalue weighted by Gasteiger charge is -2.35. The Labute approximate surface area is 190 Å². The maximum absolute atomic E-state index is 13.2. The lowest BCUT2D eigenvalue weighted by Crippen LogP contribution is -3.00. The van der Waals surface area contributed by atoms with Crippen LogP contribution in [0.15, 0.2) is 36.5 Å². The Kier molecular flexibility index (Phi) is 6.58. The van der Waals surface area contributed by atoms with Crippen molar-refractivity contribution in [2.24, 2.45) is 7.05 Å². The Morgan fingerprint density at radius 1 is 1.24 bits per heavy atom. The molecule has 0 aliphatic carbocycles. The topological polar surface area (TPSA) is 53.8 Å². The van der Waals surface area contributed by atoms with E-state index in [0.29, 0.717) is 13.2 Å². The minimum atomic E-state index is -1.17. The SMILES string of the molecule is CN(CC1c2c(cnn2C)[C@H]2CN1C(=O)N2OCc1ccccc1)[P+](C)(C)C.[I-]. The number of benzene rings is 1. The van der Waals surface area contributed by atoms with E-state index in [1.165, 1.54) is 0 Å². The van der Waals surface area contributed by atoms with Crippen molar-refractivity contribution in [2.75, 3.05) is 40.1 Å². The van der Waals surface area contributed by atoms with E-state index in [1.807, 2.05) is 53.2 Å². The molecule has 2 bridgehead atoms. The van der Waals surface area contributed by atoms with Crippen LogP contribution in [0, 0.1) is 0 Å². The van der Waals surface area contributed by atoms with Crippen LogP contribution < -0.4 is 24.0 Å². The molecule has 2 aromatic rings. The molecule has 1 fully saturated rings. The summed E-state index contributed by atoms with van der Waals surface area (Å²) < 4.78 is 4.32. The molecule has 0 N–H and O–H groups in total. The summed E-state index contributed by atoms with van der Waals surface area (Å²) in [5.41, 5.74) is 3.27. The number of halogens is 1. The minimum Gasteiger partial charge on any atom is -1.00 e. The van der Waals surface area contributed by atoms with Crippen LogP contribution in [0.4, 0.5) is 4.79 Å². The average molecular weight is 529 g/mol. The van der Waals surface area contributed by atoms with Gasteiger partial charge in [0.25, 0.3) is 0 Å². The highest BCUT2D eigenvalue weighted by molar-refractivity contribution is 7.71. The molecule has 158 valence electrons. The summed E-state index contributed by atoms with van der Waals surface area (Å²) in [4.78, 5) is 21.2. The van der Waals surface area contributed by atoms with E-state index in [1.54, 1.807) is 5.06 Å². The minimum absolute atomic E-state index is 0. The van der Waals surface area contributed by atoms with Crippen LogP contribution in [0.1, 0.15) is 28.9 Å². The van der Waals surface area contributed by atoms with Crippen molar-refractivity contribution in [3.63, 3.8) is 0 Å². The van der Waals surface area contributed by atoms with Gasteiger partial charge in [-0.3, -0.25) is 9.52 Å². The first-order valence-electron chi connectivity index (χ1n) is 9.59. The number of urea groups is 1.